The number of carbonyl (C=O) groups excluding carboxylic acids is 1. The molecule has 0 radical (unpaired) electrons. The van der Waals surface area contributed by atoms with Crippen molar-refractivity contribution in [1.82, 2.24) is 4.57 Å². The molecule has 2 N–H and O–H groups in total. The van der Waals surface area contributed by atoms with Gasteiger partial charge < -0.3 is 20.1 Å². The molecule has 0 aliphatic heterocycles. The Morgan fingerprint density at radius 3 is 2.34 bits per heavy atom. The Morgan fingerprint density at radius 2 is 1.66 bits per heavy atom. The third-order valence-corrected chi connectivity index (χ3v) is 5.62. The van der Waals surface area contributed by atoms with Crippen LogP contribution in [-0.4, -0.2) is 24.7 Å². The molecule has 0 saturated carbocycles. The lowest BCUT2D eigenvalue weighted by atomic mass is 10.1. The number of benzene rings is 3. The Kier molecular flexibility index (Phi) is 7.01. The Labute approximate surface area is 202 Å². The van der Waals surface area contributed by atoms with E-state index in [1.807, 2.05) is 31.2 Å². The fourth-order valence-electron chi connectivity index (χ4n) is 3.83. The van der Waals surface area contributed by atoms with E-state index in [9.17, 15) is 14.0 Å². The van der Waals surface area contributed by atoms with E-state index < -0.39 is 11.7 Å². The number of nitrogens with zero attached hydrogens (tertiary/aromatic N) is 1. The fraction of sp³-hybridized carbons (Fsp3) is 0.185. The molecule has 0 aliphatic carbocycles. The number of halogens is 1. The average molecular weight is 476 g/mol. The van der Waals surface area contributed by atoms with E-state index >= 15 is 0 Å². The fourth-order valence-corrected chi connectivity index (χ4v) is 3.83. The zero-order chi connectivity index (χ0) is 24.9. The normalized spacial score (nSPS) is 10.7. The number of amides is 1. The summed E-state index contributed by atoms with van der Waals surface area (Å²) < 4.78 is 25.7. The molecule has 0 aliphatic rings. The Bertz CT molecular complexity index is 1430. The predicted octanol–water partition coefficient (Wildman–Crippen LogP) is 4.72. The van der Waals surface area contributed by atoms with E-state index in [1.165, 1.54) is 37.0 Å². The van der Waals surface area contributed by atoms with Crippen LogP contribution in [0.15, 0.2) is 71.5 Å². The average Bonchev–Trinajstić information content (AvgIpc) is 2.85. The second-order valence-electron chi connectivity index (χ2n) is 8.10. The largest absolute Gasteiger partial charge is 0.493 e. The number of fused-ring (bicyclic) bond motifs is 1. The van der Waals surface area contributed by atoms with Crippen LogP contribution in [0.3, 0.4) is 0 Å². The molecule has 0 bridgehead atoms. The van der Waals surface area contributed by atoms with Crippen LogP contribution in [0.2, 0.25) is 0 Å². The van der Waals surface area contributed by atoms with Gasteiger partial charge >= 0.3 is 0 Å². The van der Waals surface area contributed by atoms with Crippen LogP contribution in [0.25, 0.3) is 10.9 Å². The van der Waals surface area contributed by atoms with Gasteiger partial charge in [0.25, 0.3) is 5.56 Å². The van der Waals surface area contributed by atoms with Crippen molar-refractivity contribution in [3.8, 4) is 11.5 Å². The summed E-state index contributed by atoms with van der Waals surface area (Å²) in [6.07, 6.45) is 0. The Morgan fingerprint density at radius 1 is 0.943 bits per heavy atom. The topological polar surface area (TPSA) is 81.6 Å². The van der Waals surface area contributed by atoms with Crippen LogP contribution in [0.5, 0.6) is 11.5 Å². The maximum atomic E-state index is 13.5. The number of aryl methyl sites for hydroxylation is 1. The highest BCUT2D eigenvalue weighted by Crippen LogP contribution is 2.32. The number of anilines is 2. The van der Waals surface area contributed by atoms with Gasteiger partial charge in [0.2, 0.25) is 5.91 Å². The van der Waals surface area contributed by atoms with Crippen LogP contribution in [-0.2, 0) is 17.9 Å². The lowest BCUT2D eigenvalue weighted by molar-refractivity contribution is -0.116. The molecule has 35 heavy (non-hydrogen) atoms. The number of rotatable bonds is 8. The Hall–Kier alpha value is -4.33. The van der Waals surface area contributed by atoms with Crippen LogP contribution in [0, 0.1) is 12.7 Å². The van der Waals surface area contributed by atoms with Crippen molar-refractivity contribution in [2.75, 3.05) is 24.9 Å². The van der Waals surface area contributed by atoms with Gasteiger partial charge in [-0.3, -0.25) is 14.2 Å². The van der Waals surface area contributed by atoms with Crippen LogP contribution < -0.4 is 25.7 Å². The quantitative estimate of drug-likeness (QED) is 0.386. The third-order valence-electron chi connectivity index (χ3n) is 5.62. The maximum absolute atomic E-state index is 13.5. The molecule has 0 atom stereocenters. The first kappa shape index (κ1) is 23.8. The first-order valence-electron chi connectivity index (χ1n) is 11.0. The number of hydrogen-bond donors (Lipinski definition) is 2. The van der Waals surface area contributed by atoms with Gasteiger partial charge in [-0.15, -0.1) is 0 Å². The van der Waals surface area contributed by atoms with E-state index in [4.69, 9.17) is 9.47 Å². The number of ether oxygens (including phenoxy) is 2. The minimum absolute atomic E-state index is 0.262. The minimum atomic E-state index is -0.466. The predicted molar refractivity (Wildman–Crippen MR) is 135 cm³/mol. The van der Waals surface area contributed by atoms with Crippen molar-refractivity contribution in [3.05, 3.63) is 94.0 Å². The van der Waals surface area contributed by atoms with E-state index in [2.05, 4.69) is 10.6 Å². The lowest BCUT2D eigenvalue weighted by Gasteiger charge is -2.16. The molecule has 0 fully saturated rings. The molecule has 180 valence electrons. The molecule has 7 nitrogen and oxygen atoms in total. The number of methoxy groups -OCH3 is 2. The first-order chi connectivity index (χ1) is 16.9. The van der Waals surface area contributed by atoms with E-state index in [1.54, 1.807) is 24.3 Å². The number of aromatic nitrogens is 1. The van der Waals surface area contributed by atoms with Gasteiger partial charge in [-0.05, 0) is 49.4 Å². The third kappa shape index (κ3) is 5.43. The highest BCUT2D eigenvalue weighted by molar-refractivity contribution is 5.92. The van der Waals surface area contributed by atoms with Gasteiger partial charge in [-0.2, -0.15) is 0 Å². The van der Waals surface area contributed by atoms with E-state index in [0.29, 0.717) is 33.7 Å². The molecule has 0 saturated heterocycles. The van der Waals surface area contributed by atoms with Gasteiger partial charge in [0.1, 0.15) is 12.4 Å². The van der Waals surface area contributed by atoms with Crippen LogP contribution in [0.1, 0.15) is 11.1 Å². The molecule has 1 amide bonds. The van der Waals surface area contributed by atoms with Crippen molar-refractivity contribution in [1.29, 1.82) is 0 Å². The SMILES string of the molecule is COc1cc2cc(CNc3ccc(C)cc3)c(=O)n(CC(=O)Nc3cccc(F)c3)c2cc1OC. The molecular weight excluding hydrogens is 449 g/mol. The number of nitrogens with one attached hydrogen (secondary N) is 2. The van der Waals surface area contributed by atoms with Crippen molar-refractivity contribution in [2.24, 2.45) is 0 Å². The van der Waals surface area contributed by atoms with Gasteiger partial charge in [0.05, 0.1) is 19.7 Å². The summed E-state index contributed by atoms with van der Waals surface area (Å²) in [4.78, 5) is 26.3. The molecular formula is C27H26FN3O4. The van der Waals surface area contributed by atoms with Crippen molar-refractivity contribution >= 4 is 28.2 Å². The summed E-state index contributed by atoms with van der Waals surface area (Å²) in [5.74, 6) is 0.0138. The van der Waals surface area contributed by atoms with Crippen molar-refractivity contribution in [3.63, 3.8) is 0 Å². The van der Waals surface area contributed by atoms with Gasteiger partial charge in [-0.25, -0.2) is 4.39 Å². The molecule has 4 rings (SSSR count). The summed E-state index contributed by atoms with van der Waals surface area (Å²) >= 11 is 0. The smallest absolute Gasteiger partial charge is 0.256 e. The van der Waals surface area contributed by atoms with Crippen LogP contribution >= 0.6 is 0 Å². The lowest BCUT2D eigenvalue weighted by Crippen LogP contribution is -2.30. The van der Waals surface area contributed by atoms with Gasteiger partial charge in [0.15, 0.2) is 11.5 Å². The molecule has 0 unspecified atom stereocenters. The van der Waals surface area contributed by atoms with E-state index in [-0.39, 0.29) is 18.6 Å². The van der Waals surface area contributed by atoms with Crippen LogP contribution in [0.4, 0.5) is 15.8 Å². The van der Waals surface area contributed by atoms with E-state index in [0.717, 1.165) is 11.3 Å². The maximum Gasteiger partial charge on any atom is 0.256 e. The molecule has 3 aromatic carbocycles. The monoisotopic (exact) mass is 475 g/mol. The van der Waals surface area contributed by atoms with Gasteiger partial charge in [-0.1, -0.05) is 23.8 Å². The Balaban J connectivity index is 1.73. The molecule has 4 aromatic rings. The summed E-state index contributed by atoms with van der Waals surface area (Å²) in [6, 6.07) is 18.6. The summed E-state index contributed by atoms with van der Waals surface area (Å²) in [6.45, 7) is 2.00. The van der Waals surface area contributed by atoms with Crippen molar-refractivity contribution < 1.29 is 18.7 Å². The number of carbonyl (C=O) groups is 1. The summed E-state index contributed by atoms with van der Waals surface area (Å²) in [7, 11) is 3.04. The molecule has 0 spiro atoms. The molecule has 1 aromatic heterocycles. The number of hydrogen-bond acceptors (Lipinski definition) is 5. The highest BCUT2D eigenvalue weighted by atomic mass is 19.1. The molecule has 8 heteroatoms. The molecule has 1 heterocycles. The summed E-state index contributed by atoms with van der Waals surface area (Å²) in [5, 5.41) is 6.62. The minimum Gasteiger partial charge on any atom is -0.493 e. The highest BCUT2D eigenvalue weighted by Gasteiger charge is 2.16. The first-order valence-corrected chi connectivity index (χ1v) is 11.0. The van der Waals surface area contributed by atoms with Crippen molar-refractivity contribution in [2.45, 2.75) is 20.0 Å². The number of pyridine rings is 1. The second-order valence-corrected chi connectivity index (χ2v) is 8.10. The zero-order valence-electron chi connectivity index (χ0n) is 19.7. The summed E-state index contributed by atoms with van der Waals surface area (Å²) in [5.41, 5.74) is 2.99. The zero-order valence-corrected chi connectivity index (χ0v) is 19.7. The second kappa shape index (κ2) is 10.3. The van der Waals surface area contributed by atoms with Gasteiger partial charge in [0, 0.05) is 34.9 Å². The standard InChI is InChI=1S/C27H26FN3O4/c1-17-7-9-21(10-8-17)29-15-19-11-18-12-24(34-2)25(35-3)14-23(18)31(27(19)33)16-26(32)30-22-6-4-5-20(28)13-22/h4-14,29H,15-16H2,1-3H3,(H,30,32).